The third-order valence-corrected chi connectivity index (χ3v) is 5.90. The second kappa shape index (κ2) is 6.37. The Morgan fingerprint density at radius 1 is 1.14 bits per heavy atom. The summed E-state index contributed by atoms with van der Waals surface area (Å²) < 4.78 is 4.26. The molecule has 0 spiro atoms. The largest absolute Gasteiger partial charge is 0.289 e. The average molecular weight is 208 g/mol. The standard InChI is InChI=1S/C11H18NOSi/c1-5-8-14(9-6-2,10-7-3)12-11(4)13/h5-7H,1-3,8-10H2,4H3/b12-11+. The Morgan fingerprint density at radius 3 is 1.71 bits per heavy atom. The lowest BCUT2D eigenvalue weighted by atomic mass is 10.7. The summed E-state index contributed by atoms with van der Waals surface area (Å²) in [6.45, 7) is 12.6. The van der Waals surface area contributed by atoms with E-state index in [9.17, 15) is 5.11 Å². The van der Waals surface area contributed by atoms with E-state index in [1.165, 1.54) is 6.92 Å². The maximum Gasteiger partial charge on any atom is 0.229 e. The summed E-state index contributed by atoms with van der Waals surface area (Å²) in [5.41, 5.74) is 0. The summed E-state index contributed by atoms with van der Waals surface area (Å²) in [6.07, 6.45) is 5.52. The third kappa shape index (κ3) is 4.23. The number of hydrogen-bond acceptors (Lipinski definition) is 1. The van der Waals surface area contributed by atoms with Gasteiger partial charge in [-0.1, -0.05) is 18.2 Å². The molecule has 0 bridgehead atoms. The van der Waals surface area contributed by atoms with Gasteiger partial charge in [0.15, 0.2) is 8.24 Å². The fourth-order valence-corrected chi connectivity index (χ4v) is 4.58. The zero-order valence-corrected chi connectivity index (χ0v) is 9.83. The van der Waals surface area contributed by atoms with E-state index in [1.54, 1.807) is 0 Å². The van der Waals surface area contributed by atoms with Crippen molar-refractivity contribution in [1.82, 2.24) is 0 Å². The lowest BCUT2D eigenvalue weighted by Gasteiger charge is -2.22. The van der Waals surface area contributed by atoms with Crippen molar-refractivity contribution >= 4 is 14.1 Å². The van der Waals surface area contributed by atoms with Gasteiger partial charge in [-0.05, 0) is 18.1 Å². The van der Waals surface area contributed by atoms with E-state index < -0.39 is 8.24 Å². The number of rotatable bonds is 7. The summed E-state index contributed by atoms with van der Waals surface area (Å²) >= 11 is 0. The van der Waals surface area contributed by atoms with E-state index >= 15 is 0 Å². The van der Waals surface area contributed by atoms with E-state index in [-0.39, 0.29) is 5.90 Å². The molecule has 14 heavy (non-hydrogen) atoms. The van der Waals surface area contributed by atoms with Gasteiger partial charge in [0.25, 0.3) is 0 Å². The van der Waals surface area contributed by atoms with Crippen LogP contribution in [0.25, 0.3) is 0 Å². The first-order chi connectivity index (χ1) is 6.60. The third-order valence-electron chi connectivity index (χ3n) is 1.97. The molecule has 0 saturated heterocycles. The molecule has 0 aliphatic rings. The van der Waals surface area contributed by atoms with Crippen molar-refractivity contribution < 1.29 is 5.11 Å². The van der Waals surface area contributed by atoms with Gasteiger partial charge in [0.2, 0.25) is 5.90 Å². The maximum absolute atomic E-state index is 11.0. The van der Waals surface area contributed by atoms with Crippen LogP contribution in [0.15, 0.2) is 42.6 Å². The van der Waals surface area contributed by atoms with Crippen molar-refractivity contribution in [3.05, 3.63) is 38.0 Å². The summed E-state index contributed by atoms with van der Waals surface area (Å²) in [4.78, 5) is 0. The maximum atomic E-state index is 11.0. The van der Waals surface area contributed by atoms with Gasteiger partial charge in [-0.25, -0.2) is 0 Å². The highest BCUT2D eigenvalue weighted by atomic mass is 28.3. The quantitative estimate of drug-likeness (QED) is 0.266. The van der Waals surface area contributed by atoms with Gasteiger partial charge in [-0.3, -0.25) is 9.76 Å². The lowest BCUT2D eigenvalue weighted by molar-refractivity contribution is 0.425. The van der Waals surface area contributed by atoms with Crippen LogP contribution in [0, 0.1) is 0 Å². The number of allylic oxidation sites excluding steroid dienone is 3. The van der Waals surface area contributed by atoms with Crippen LogP contribution >= 0.6 is 0 Å². The highest BCUT2D eigenvalue weighted by molar-refractivity contribution is 6.80. The van der Waals surface area contributed by atoms with E-state index in [4.69, 9.17) is 0 Å². The molecule has 0 unspecified atom stereocenters. The van der Waals surface area contributed by atoms with Gasteiger partial charge in [-0.2, -0.15) is 0 Å². The second-order valence-corrected chi connectivity index (χ2v) is 7.23. The van der Waals surface area contributed by atoms with Crippen LogP contribution in [0.4, 0.5) is 0 Å². The molecule has 0 aromatic rings. The van der Waals surface area contributed by atoms with Crippen LogP contribution in [0.3, 0.4) is 0 Å². The summed E-state index contributed by atoms with van der Waals surface area (Å²) in [6, 6.07) is 2.43. The molecule has 1 radical (unpaired) electrons. The molecule has 0 aliphatic heterocycles. The first kappa shape index (κ1) is 12.9. The van der Waals surface area contributed by atoms with Crippen LogP contribution in [0.2, 0.25) is 18.1 Å². The van der Waals surface area contributed by atoms with Crippen molar-refractivity contribution in [3.8, 4) is 0 Å². The predicted octanol–water partition coefficient (Wildman–Crippen LogP) is 3.34. The first-order valence-electron chi connectivity index (χ1n) is 4.66. The molecule has 0 aliphatic carbocycles. The molecule has 2 nitrogen and oxygen atoms in total. The van der Waals surface area contributed by atoms with Gasteiger partial charge in [0.1, 0.15) is 0 Å². The number of nitrogens with zero attached hydrogens (tertiary/aromatic N) is 1. The van der Waals surface area contributed by atoms with E-state index in [0.717, 1.165) is 18.1 Å². The summed E-state index contributed by atoms with van der Waals surface area (Å²) in [7, 11) is -1.94. The molecule has 0 rings (SSSR count). The monoisotopic (exact) mass is 208 g/mol. The molecule has 0 aromatic carbocycles. The highest BCUT2D eigenvalue weighted by Gasteiger charge is 2.29. The fraction of sp³-hybridized carbons (Fsp3) is 0.364. The molecule has 0 heterocycles. The van der Waals surface area contributed by atoms with Gasteiger partial charge < -0.3 is 0 Å². The van der Waals surface area contributed by atoms with Gasteiger partial charge >= 0.3 is 0 Å². The Morgan fingerprint density at radius 2 is 1.50 bits per heavy atom. The zero-order valence-electron chi connectivity index (χ0n) is 8.83. The van der Waals surface area contributed by atoms with Crippen LogP contribution in [0.1, 0.15) is 6.92 Å². The predicted molar refractivity (Wildman–Crippen MR) is 64.6 cm³/mol. The minimum Gasteiger partial charge on any atom is -0.289 e. The Balaban J connectivity index is 4.89. The normalized spacial score (nSPS) is 12.2. The molecule has 0 fully saturated rings. The van der Waals surface area contributed by atoms with Crippen molar-refractivity contribution in [2.75, 3.05) is 0 Å². The van der Waals surface area contributed by atoms with Crippen molar-refractivity contribution in [1.29, 1.82) is 0 Å². The SMILES string of the molecule is C=CC[Si](CC=C)(CC=C)/N=C(\C)[O]. The Kier molecular flexibility index (Phi) is 5.88. The zero-order chi connectivity index (χ0) is 11.0. The topological polar surface area (TPSA) is 32.3 Å². The van der Waals surface area contributed by atoms with Gasteiger partial charge in [0.05, 0.1) is 0 Å². The van der Waals surface area contributed by atoms with Crippen molar-refractivity contribution in [2.45, 2.75) is 25.1 Å². The molecule has 0 N–H and O–H groups in total. The summed E-state index contributed by atoms with van der Waals surface area (Å²) in [5, 5.41) is 11.0. The molecule has 3 heteroatoms. The molecule has 0 saturated carbocycles. The van der Waals surface area contributed by atoms with E-state index in [2.05, 4.69) is 24.4 Å². The van der Waals surface area contributed by atoms with Crippen LogP contribution in [0.5, 0.6) is 0 Å². The van der Waals surface area contributed by atoms with Gasteiger partial charge in [0, 0.05) is 6.92 Å². The first-order valence-corrected chi connectivity index (χ1v) is 7.23. The minimum atomic E-state index is -1.94. The molecule has 0 aromatic heterocycles. The molecule has 0 atom stereocenters. The lowest BCUT2D eigenvalue weighted by Crippen LogP contribution is -2.31. The van der Waals surface area contributed by atoms with Crippen LogP contribution in [-0.4, -0.2) is 14.1 Å². The van der Waals surface area contributed by atoms with Crippen LogP contribution in [-0.2, 0) is 5.11 Å². The Bertz CT molecular complexity index is 215. The molecular formula is C11H18NOSi. The average Bonchev–Trinajstić information content (AvgIpc) is 2.03. The van der Waals surface area contributed by atoms with E-state index in [1.807, 2.05) is 18.2 Å². The molecular weight excluding hydrogens is 190 g/mol. The van der Waals surface area contributed by atoms with Crippen molar-refractivity contribution in [2.24, 2.45) is 4.66 Å². The number of hydrogen-bond donors (Lipinski definition) is 0. The van der Waals surface area contributed by atoms with Gasteiger partial charge in [-0.15, -0.1) is 19.7 Å². The van der Waals surface area contributed by atoms with E-state index in [0.29, 0.717) is 0 Å². The summed E-state index contributed by atoms with van der Waals surface area (Å²) in [5.74, 6) is -0.0952. The fourth-order valence-electron chi connectivity index (χ4n) is 1.53. The molecule has 77 valence electrons. The second-order valence-electron chi connectivity index (χ2n) is 3.33. The molecule has 0 amide bonds. The minimum absolute atomic E-state index is 0.0952. The van der Waals surface area contributed by atoms with Crippen LogP contribution < -0.4 is 0 Å². The Hall–Kier alpha value is -1.09. The highest BCUT2D eigenvalue weighted by Crippen LogP contribution is 2.24. The smallest absolute Gasteiger partial charge is 0.229 e. The Labute approximate surface area is 87.5 Å². The van der Waals surface area contributed by atoms with Crippen molar-refractivity contribution in [3.63, 3.8) is 0 Å².